The van der Waals surface area contributed by atoms with Crippen LogP contribution in [0.1, 0.15) is 60.7 Å². The number of hydrogen-bond donors (Lipinski definition) is 0. The minimum absolute atomic E-state index is 0.217. The first-order valence-electron chi connectivity index (χ1n) is 15.6. The van der Waals surface area contributed by atoms with E-state index in [2.05, 4.69) is 9.80 Å². The molecule has 44 heavy (non-hydrogen) atoms. The van der Waals surface area contributed by atoms with E-state index in [1.807, 2.05) is 67.7 Å². The van der Waals surface area contributed by atoms with Gasteiger partial charge in [-0.05, 0) is 80.4 Å². The summed E-state index contributed by atoms with van der Waals surface area (Å²) in [7, 11) is 2.02. The summed E-state index contributed by atoms with van der Waals surface area (Å²) in [6.45, 7) is 4.53. The first-order chi connectivity index (χ1) is 21.4. The first kappa shape index (κ1) is 28.4. The second-order valence-electron chi connectivity index (χ2n) is 12.3. The Morgan fingerprint density at radius 2 is 1.02 bits per heavy atom. The van der Waals surface area contributed by atoms with Gasteiger partial charge in [0.25, 0.3) is 23.6 Å². The lowest BCUT2D eigenvalue weighted by Gasteiger charge is -2.31. The van der Waals surface area contributed by atoms with Gasteiger partial charge in [-0.15, -0.1) is 0 Å². The van der Waals surface area contributed by atoms with Gasteiger partial charge in [0.2, 0.25) is 0 Å². The molecule has 1 fully saturated rings. The maximum absolute atomic E-state index is 13.4. The SMILES string of the molecule is CN(CCCN(CCN1C(=O)c2cccc3cccc(c23)C1=O)CC1CC1)CCN1C(=O)c2cccc3cccc(c23)C1=O. The molecule has 0 spiro atoms. The molecule has 0 aromatic heterocycles. The molecule has 2 aliphatic heterocycles. The van der Waals surface area contributed by atoms with E-state index in [0.717, 1.165) is 47.6 Å². The van der Waals surface area contributed by atoms with Gasteiger partial charge in [0.1, 0.15) is 0 Å². The van der Waals surface area contributed by atoms with Crippen LogP contribution in [0, 0.1) is 5.92 Å². The third kappa shape index (κ3) is 5.18. The van der Waals surface area contributed by atoms with Crippen LogP contribution in [0.3, 0.4) is 0 Å². The second kappa shape index (κ2) is 11.6. The lowest BCUT2D eigenvalue weighted by molar-refractivity contribution is 0.0583. The highest BCUT2D eigenvalue weighted by Crippen LogP contribution is 2.32. The van der Waals surface area contributed by atoms with Crippen molar-refractivity contribution in [3.05, 3.63) is 95.1 Å². The van der Waals surface area contributed by atoms with Crippen LogP contribution in [0.5, 0.6) is 0 Å². The Kier molecular flexibility index (Phi) is 7.48. The number of nitrogens with zero attached hydrogens (tertiary/aromatic N) is 4. The monoisotopic (exact) mass is 588 g/mol. The molecule has 0 bridgehead atoms. The van der Waals surface area contributed by atoms with Crippen LogP contribution in [0.2, 0.25) is 0 Å². The Balaban J connectivity index is 0.939. The Labute approximate surface area is 256 Å². The zero-order valence-corrected chi connectivity index (χ0v) is 25.0. The number of benzene rings is 4. The fourth-order valence-corrected chi connectivity index (χ4v) is 6.72. The molecule has 3 aliphatic rings. The smallest absolute Gasteiger partial charge is 0.261 e. The van der Waals surface area contributed by atoms with E-state index in [4.69, 9.17) is 0 Å². The molecule has 4 amide bonds. The van der Waals surface area contributed by atoms with E-state index in [1.165, 1.54) is 22.6 Å². The van der Waals surface area contributed by atoms with Crippen molar-refractivity contribution in [2.75, 3.05) is 52.9 Å². The predicted octanol–water partition coefficient (Wildman–Crippen LogP) is 4.92. The van der Waals surface area contributed by atoms with Crippen molar-refractivity contribution in [3.8, 4) is 0 Å². The third-order valence-corrected chi connectivity index (χ3v) is 9.28. The normalized spacial score (nSPS) is 16.3. The van der Waals surface area contributed by atoms with Gasteiger partial charge in [-0.1, -0.05) is 48.5 Å². The highest BCUT2D eigenvalue weighted by atomic mass is 16.2. The average Bonchev–Trinajstić information content (AvgIpc) is 3.86. The Hall–Kier alpha value is -4.40. The standard InChI is InChI=1S/C36H36N4O4/c1-37(19-21-39-33(41)27-11-2-7-25-8-3-12-28(31(25)27)34(39)42)17-6-18-38(23-24-15-16-24)20-22-40-35(43)29-13-4-9-26-10-5-14-30(32(26)29)36(40)44/h2-5,7-14,24H,6,15-23H2,1H3. The summed E-state index contributed by atoms with van der Waals surface area (Å²) in [5.74, 6) is -0.219. The summed E-state index contributed by atoms with van der Waals surface area (Å²) >= 11 is 0. The molecule has 224 valence electrons. The number of likely N-dealkylation sites (N-methyl/N-ethyl adjacent to an activating group) is 1. The number of amides is 4. The summed E-state index contributed by atoms with van der Waals surface area (Å²) in [6, 6.07) is 22.5. The van der Waals surface area contributed by atoms with Gasteiger partial charge >= 0.3 is 0 Å². The Morgan fingerprint density at radius 1 is 0.591 bits per heavy atom. The minimum atomic E-state index is -0.232. The summed E-state index contributed by atoms with van der Waals surface area (Å²) in [5, 5.41) is 3.33. The molecule has 4 aromatic carbocycles. The van der Waals surface area contributed by atoms with Crippen molar-refractivity contribution < 1.29 is 19.2 Å². The van der Waals surface area contributed by atoms with E-state index >= 15 is 0 Å². The molecular weight excluding hydrogens is 552 g/mol. The van der Waals surface area contributed by atoms with Crippen molar-refractivity contribution in [2.24, 2.45) is 5.92 Å². The molecule has 1 saturated carbocycles. The van der Waals surface area contributed by atoms with Crippen LogP contribution < -0.4 is 0 Å². The number of carbonyl (C=O) groups is 4. The molecule has 0 radical (unpaired) electrons. The zero-order chi connectivity index (χ0) is 30.4. The van der Waals surface area contributed by atoms with Gasteiger partial charge in [0, 0.05) is 65.8 Å². The summed E-state index contributed by atoms with van der Waals surface area (Å²) in [6.07, 6.45) is 3.35. The van der Waals surface area contributed by atoms with Crippen molar-refractivity contribution in [1.82, 2.24) is 19.6 Å². The fourth-order valence-electron chi connectivity index (χ4n) is 6.72. The van der Waals surface area contributed by atoms with Crippen molar-refractivity contribution in [2.45, 2.75) is 19.3 Å². The highest BCUT2D eigenvalue weighted by molar-refractivity contribution is 6.26. The topological polar surface area (TPSA) is 81.2 Å². The first-order valence-corrected chi connectivity index (χ1v) is 15.6. The fraction of sp³-hybridized carbons (Fsp3) is 0.333. The van der Waals surface area contributed by atoms with E-state index in [0.29, 0.717) is 54.4 Å². The van der Waals surface area contributed by atoms with Crippen LogP contribution in [-0.4, -0.2) is 96.1 Å². The van der Waals surface area contributed by atoms with Crippen LogP contribution in [-0.2, 0) is 0 Å². The quantitative estimate of drug-likeness (QED) is 0.219. The molecule has 2 heterocycles. The average molecular weight is 589 g/mol. The van der Waals surface area contributed by atoms with Crippen LogP contribution >= 0.6 is 0 Å². The molecule has 0 atom stereocenters. The summed E-state index contributed by atoms with van der Waals surface area (Å²) in [5.41, 5.74) is 2.36. The van der Waals surface area contributed by atoms with E-state index in [-0.39, 0.29) is 23.6 Å². The van der Waals surface area contributed by atoms with Crippen molar-refractivity contribution in [1.29, 1.82) is 0 Å². The Morgan fingerprint density at radius 3 is 1.45 bits per heavy atom. The molecule has 1 aliphatic carbocycles. The molecule has 7 rings (SSSR count). The number of rotatable bonds is 12. The van der Waals surface area contributed by atoms with Gasteiger partial charge in [0.05, 0.1) is 0 Å². The minimum Gasteiger partial charge on any atom is -0.305 e. The van der Waals surface area contributed by atoms with E-state index in [1.54, 1.807) is 12.1 Å². The highest BCUT2D eigenvalue weighted by Gasteiger charge is 2.34. The van der Waals surface area contributed by atoms with Crippen LogP contribution in [0.4, 0.5) is 0 Å². The van der Waals surface area contributed by atoms with Crippen molar-refractivity contribution >= 4 is 45.2 Å². The van der Waals surface area contributed by atoms with Gasteiger partial charge in [-0.3, -0.25) is 29.0 Å². The second-order valence-corrected chi connectivity index (χ2v) is 12.3. The molecule has 0 saturated heterocycles. The molecule has 8 heteroatoms. The summed E-state index contributed by atoms with van der Waals surface area (Å²) < 4.78 is 0. The van der Waals surface area contributed by atoms with E-state index in [9.17, 15) is 19.2 Å². The Bertz CT molecular complexity index is 1710. The number of carbonyl (C=O) groups excluding carboxylic acids is 4. The molecule has 4 aromatic rings. The van der Waals surface area contributed by atoms with Crippen LogP contribution in [0.25, 0.3) is 21.5 Å². The maximum atomic E-state index is 13.4. The van der Waals surface area contributed by atoms with Gasteiger partial charge in [-0.25, -0.2) is 0 Å². The third-order valence-electron chi connectivity index (χ3n) is 9.28. The molecule has 0 unspecified atom stereocenters. The number of imide groups is 2. The van der Waals surface area contributed by atoms with Crippen LogP contribution in [0.15, 0.2) is 72.8 Å². The van der Waals surface area contributed by atoms with Gasteiger partial charge in [-0.2, -0.15) is 0 Å². The lowest BCUT2D eigenvalue weighted by atomic mass is 9.94. The molecular formula is C36H36N4O4. The van der Waals surface area contributed by atoms with E-state index < -0.39 is 0 Å². The maximum Gasteiger partial charge on any atom is 0.261 e. The largest absolute Gasteiger partial charge is 0.305 e. The zero-order valence-electron chi connectivity index (χ0n) is 25.0. The summed E-state index contributed by atoms with van der Waals surface area (Å²) in [4.78, 5) is 60.5. The molecule has 0 N–H and O–H groups in total. The predicted molar refractivity (Wildman–Crippen MR) is 170 cm³/mol. The number of hydrogen-bond acceptors (Lipinski definition) is 6. The van der Waals surface area contributed by atoms with Gasteiger partial charge < -0.3 is 9.80 Å². The van der Waals surface area contributed by atoms with Crippen molar-refractivity contribution in [3.63, 3.8) is 0 Å². The lowest BCUT2D eigenvalue weighted by Crippen LogP contribution is -2.45. The molecule has 8 nitrogen and oxygen atoms in total. The van der Waals surface area contributed by atoms with Gasteiger partial charge in [0.15, 0.2) is 0 Å².